The monoisotopic (exact) mass is 362 g/mol. The van der Waals surface area contributed by atoms with Crippen LogP contribution >= 0.6 is 0 Å². The number of carbonyl (C=O) groups excluding carboxylic acids is 3. The molecule has 0 aliphatic carbocycles. The summed E-state index contributed by atoms with van der Waals surface area (Å²) in [6.45, 7) is 1.40. The Labute approximate surface area is 151 Å². The van der Waals surface area contributed by atoms with Gasteiger partial charge in [-0.05, 0) is 30.5 Å². The van der Waals surface area contributed by atoms with E-state index in [1.807, 2.05) is 0 Å². The van der Waals surface area contributed by atoms with Gasteiger partial charge in [0.2, 0.25) is 5.91 Å². The Kier molecular flexibility index (Phi) is 5.72. The van der Waals surface area contributed by atoms with Crippen LogP contribution in [0.25, 0.3) is 0 Å². The molecular formula is C18H22N2O6. The highest BCUT2D eigenvalue weighted by atomic mass is 16.6. The van der Waals surface area contributed by atoms with Crippen LogP contribution in [0.15, 0.2) is 24.3 Å². The molecule has 140 valence electrons. The average molecular weight is 362 g/mol. The molecule has 0 aromatic heterocycles. The SMILES string of the molecule is COC(=O)c1ccc(CN2C(=O)OC[C@H]2C(=O)NCC2CCCO2)cc1. The molecule has 2 saturated heterocycles. The van der Waals surface area contributed by atoms with Crippen molar-refractivity contribution in [2.24, 2.45) is 0 Å². The fourth-order valence-corrected chi connectivity index (χ4v) is 3.04. The molecule has 1 unspecified atom stereocenters. The van der Waals surface area contributed by atoms with Gasteiger partial charge in [0, 0.05) is 13.2 Å². The van der Waals surface area contributed by atoms with E-state index in [1.165, 1.54) is 12.0 Å². The standard InChI is InChI=1S/C18H22N2O6/c1-24-17(22)13-6-4-12(5-7-13)10-20-15(11-26-18(20)23)16(21)19-9-14-3-2-8-25-14/h4-7,14-15H,2-3,8-11H2,1H3,(H,19,21)/t14?,15-/m0/s1. The van der Waals surface area contributed by atoms with Gasteiger partial charge < -0.3 is 19.5 Å². The molecule has 2 aliphatic rings. The Morgan fingerprint density at radius 2 is 2.08 bits per heavy atom. The smallest absolute Gasteiger partial charge is 0.410 e. The van der Waals surface area contributed by atoms with Crippen LogP contribution in [0.4, 0.5) is 4.79 Å². The van der Waals surface area contributed by atoms with Crippen LogP contribution in [-0.4, -0.2) is 61.9 Å². The fourth-order valence-electron chi connectivity index (χ4n) is 3.04. The molecule has 8 nitrogen and oxygen atoms in total. The van der Waals surface area contributed by atoms with Gasteiger partial charge in [-0.3, -0.25) is 9.69 Å². The molecule has 2 atom stereocenters. The minimum atomic E-state index is -0.677. The number of methoxy groups -OCH3 is 1. The first-order chi connectivity index (χ1) is 12.6. The number of carbonyl (C=O) groups is 3. The molecule has 2 heterocycles. The van der Waals surface area contributed by atoms with E-state index in [4.69, 9.17) is 9.47 Å². The van der Waals surface area contributed by atoms with E-state index in [0.717, 1.165) is 25.0 Å². The Hall–Kier alpha value is -2.61. The Morgan fingerprint density at radius 3 is 2.73 bits per heavy atom. The summed E-state index contributed by atoms with van der Waals surface area (Å²) in [4.78, 5) is 37.3. The highest BCUT2D eigenvalue weighted by Crippen LogP contribution is 2.18. The number of esters is 1. The quantitative estimate of drug-likeness (QED) is 0.762. The zero-order valence-corrected chi connectivity index (χ0v) is 14.6. The van der Waals surface area contributed by atoms with Crippen LogP contribution in [0.3, 0.4) is 0 Å². The first-order valence-electron chi connectivity index (χ1n) is 8.58. The van der Waals surface area contributed by atoms with Gasteiger partial charge >= 0.3 is 12.1 Å². The molecule has 1 aromatic rings. The molecule has 2 amide bonds. The number of ether oxygens (including phenoxy) is 3. The summed E-state index contributed by atoms with van der Waals surface area (Å²) >= 11 is 0. The van der Waals surface area contributed by atoms with Crippen LogP contribution < -0.4 is 5.32 Å². The first kappa shape index (κ1) is 18.2. The van der Waals surface area contributed by atoms with E-state index >= 15 is 0 Å². The second-order valence-electron chi connectivity index (χ2n) is 6.29. The second kappa shape index (κ2) is 8.18. The molecular weight excluding hydrogens is 340 g/mol. The first-order valence-corrected chi connectivity index (χ1v) is 8.58. The molecule has 0 saturated carbocycles. The lowest BCUT2D eigenvalue weighted by atomic mass is 10.1. The summed E-state index contributed by atoms with van der Waals surface area (Å²) < 4.78 is 15.2. The predicted molar refractivity (Wildman–Crippen MR) is 90.4 cm³/mol. The lowest BCUT2D eigenvalue weighted by molar-refractivity contribution is -0.125. The third-order valence-electron chi connectivity index (χ3n) is 4.53. The summed E-state index contributed by atoms with van der Waals surface area (Å²) in [5.74, 6) is -0.680. The van der Waals surface area contributed by atoms with Crippen molar-refractivity contribution >= 4 is 18.0 Å². The van der Waals surface area contributed by atoms with Crippen LogP contribution in [0.1, 0.15) is 28.8 Å². The third-order valence-corrected chi connectivity index (χ3v) is 4.53. The van der Waals surface area contributed by atoms with Crippen LogP contribution in [0, 0.1) is 0 Å². The van der Waals surface area contributed by atoms with Crippen molar-refractivity contribution in [1.82, 2.24) is 10.2 Å². The normalized spacial score (nSPS) is 22.2. The van der Waals surface area contributed by atoms with Gasteiger partial charge in [-0.2, -0.15) is 0 Å². The van der Waals surface area contributed by atoms with Gasteiger partial charge in [-0.1, -0.05) is 12.1 Å². The maximum atomic E-state index is 12.4. The molecule has 8 heteroatoms. The molecule has 3 rings (SSSR count). The number of hydrogen-bond donors (Lipinski definition) is 1. The molecule has 1 aromatic carbocycles. The number of nitrogens with one attached hydrogen (secondary N) is 1. The van der Waals surface area contributed by atoms with Crippen LogP contribution in [0.2, 0.25) is 0 Å². The van der Waals surface area contributed by atoms with E-state index < -0.39 is 18.1 Å². The van der Waals surface area contributed by atoms with E-state index in [9.17, 15) is 14.4 Å². The minimum Gasteiger partial charge on any atom is -0.465 e. The van der Waals surface area contributed by atoms with E-state index in [0.29, 0.717) is 12.1 Å². The summed E-state index contributed by atoms with van der Waals surface area (Å²) in [6.07, 6.45) is 1.44. The number of nitrogens with zero attached hydrogens (tertiary/aromatic N) is 1. The third kappa shape index (κ3) is 4.13. The summed E-state index contributed by atoms with van der Waals surface area (Å²) in [7, 11) is 1.32. The van der Waals surface area contributed by atoms with Gasteiger partial charge in [0.15, 0.2) is 0 Å². The molecule has 1 N–H and O–H groups in total. The number of rotatable bonds is 6. The van der Waals surface area contributed by atoms with E-state index in [2.05, 4.69) is 10.1 Å². The average Bonchev–Trinajstić information content (AvgIpc) is 3.30. The topological polar surface area (TPSA) is 94.2 Å². The van der Waals surface area contributed by atoms with E-state index in [1.54, 1.807) is 24.3 Å². The number of hydrogen-bond acceptors (Lipinski definition) is 6. The lowest BCUT2D eigenvalue weighted by Gasteiger charge is -2.21. The van der Waals surface area contributed by atoms with Gasteiger partial charge in [0.05, 0.1) is 25.3 Å². The molecule has 0 spiro atoms. The van der Waals surface area contributed by atoms with E-state index in [-0.39, 0.29) is 25.2 Å². The Morgan fingerprint density at radius 1 is 1.31 bits per heavy atom. The van der Waals surface area contributed by atoms with Crippen molar-refractivity contribution in [1.29, 1.82) is 0 Å². The minimum absolute atomic E-state index is 0.0242. The van der Waals surface area contributed by atoms with Crippen LogP contribution in [-0.2, 0) is 25.5 Å². The molecule has 0 radical (unpaired) electrons. The highest BCUT2D eigenvalue weighted by Gasteiger charge is 2.38. The maximum Gasteiger partial charge on any atom is 0.410 e. The van der Waals surface area contributed by atoms with Gasteiger partial charge in [-0.25, -0.2) is 9.59 Å². The lowest BCUT2D eigenvalue weighted by Crippen LogP contribution is -2.47. The van der Waals surface area contributed by atoms with Gasteiger partial charge in [0.1, 0.15) is 12.6 Å². The number of cyclic esters (lactones) is 1. The van der Waals surface area contributed by atoms with Crippen molar-refractivity contribution in [3.8, 4) is 0 Å². The second-order valence-corrected chi connectivity index (χ2v) is 6.29. The summed E-state index contributed by atoms with van der Waals surface area (Å²) in [5, 5.41) is 2.84. The fraction of sp³-hybridized carbons (Fsp3) is 0.500. The number of benzene rings is 1. The number of amides is 2. The molecule has 0 bridgehead atoms. The highest BCUT2D eigenvalue weighted by molar-refractivity contribution is 5.89. The maximum absolute atomic E-state index is 12.4. The predicted octanol–water partition coefficient (Wildman–Crippen LogP) is 1.09. The Balaban J connectivity index is 1.60. The zero-order chi connectivity index (χ0) is 18.5. The van der Waals surface area contributed by atoms with Crippen LogP contribution in [0.5, 0.6) is 0 Å². The van der Waals surface area contributed by atoms with Crippen molar-refractivity contribution in [2.45, 2.75) is 31.5 Å². The van der Waals surface area contributed by atoms with Crippen molar-refractivity contribution < 1.29 is 28.6 Å². The van der Waals surface area contributed by atoms with Crippen molar-refractivity contribution in [2.75, 3.05) is 26.9 Å². The summed E-state index contributed by atoms with van der Waals surface area (Å²) in [5.41, 5.74) is 1.21. The molecule has 2 aliphatic heterocycles. The van der Waals surface area contributed by atoms with Gasteiger partial charge in [-0.15, -0.1) is 0 Å². The summed E-state index contributed by atoms with van der Waals surface area (Å²) in [6, 6.07) is 6.01. The Bertz CT molecular complexity index is 669. The molecule has 2 fully saturated rings. The molecule has 26 heavy (non-hydrogen) atoms. The largest absolute Gasteiger partial charge is 0.465 e. The van der Waals surface area contributed by atoms with Gasteiger partial charge in [0.25, 0.3) is 0 Å². The van der Waals surface area contributed by atoms with Crippen molar-refractivity contribution in [3.05, 3.63) is 35.4 Å². The zero-order valence-electron chi connectivity index (χ0n) is 14.6. The van der Waals surface area contributed by atoms with Crippen molar-refractivity contribution in [3.63, 3.8) is 0 Å².